The number of carbonyl (C=O) groups excluding carboxylic acids is 1. The molecule has 0 saturated carbocycles. The minimum Gasteiger partial charge on any atom is -0.281 e. The van der Waals surface area contributed by atoms with Crippen LogP contribution in [0.25, 0.3) is 0 Å². The van der Waals surface area contributed by atoms with E-state index in [-0.39, 0.29) is 5.24 Å². The molecular formula is C22H33ClOS8. The number of hydrogen-bond donors (Lipinski definition) is 0. The summed E-state index contributed by atoms with van der Waals surface area (Å²) in [5, 5.41) is -0.216. The first-order valence-electron chi connectivity index (χ1n) is 11.1. The molecule has 0 spiro atoms. The van der Waals surface area contributed by atoms with Gasteiger partial charge in [-0.25, -0.2) is 0 Å². The summed E-state index contributed by atoms with van der Waals surface area (Å²) in [5.74, 6) is 3.52. The van der Waals surface area contributed by atoms with Crippen LogP contribution in [-0.4, -0.2) is 28.8 Å². The molecule has 0 fully saturated rings. The molecule has 0 aromatic heterocycles. The molecule has 0 atom stereocenters. The summed E-state index contributed by atoms with van der Waals surface area (Å²) in [4.78, 5) is 10.9. The smallest absolute Gasteiger partial charge is 0.221 e. The van der Waals surface area contributed by atoms with E-state index >= 15 is 0 Å². The number of unbranched alkanes of at least 4 members (excludes halogenated alkanes) is 5. The van der Waals surface area contributed by atoms with Gasteiger partial charge in [0.25, 0.3) is 0 Å². The molecular weight excluding hydrogens is 572 g/mol. The fourth-order valence-corrected chi connectivity index (χ4v) is 14.6. The third-order valence-electron chi connectivity index (χ3n) is 4.39. The van der Waals surface area contributed by atoms with Crippen LogP contribution in [0.15, 0.2) is 25.4 Å². The topological polar surface area (TPSA) is 17.1 Å². The molecule has 0 N–H and O–H groups in total. The fraction of sp³-hybridized carbons (Fsp3) is 0.682. The van der Waals surface area contributed by atoms with Gasteiger partial charge >= 0.3 is 0 Å². The van der Waals surface area contributed by atoms with Crippen molar-refractivity contribution in [3.8, 4) is 0 Å². The van der Waals surface area contributed by atoms with Gasteiger partial charge in [0.1, 0.15) is 0 Å². The van der Waals surface area contributed by atoms with E-state index in [0.717, 1.165) is 18.6 Å². The van der Waals surface area contributed by atoms with Crippen molar-refractivity contribution in [3.63, 3.8) is 0 Å². The first-order chi connectivity index (χ1) is 15.6. The first kappa shape index (κ1) is 30.2. The molecule has 1 nitrogen and oxygen atoms in total. The zero-order valence-electron chi connectivity index (χ0n) is 19.0. The molecule has 0 aliphatic carbocycles. The van der Waals surface area contributed by atoms with Gasteiger partial charge in [-0.2, -0.15) is 0 Å². The molecule has 2 aliphatic heterocycles. The third kappa shape index (κ3) is 11.4. The van der Waals surface area contributed by atoms with Gasteiger partial charge in [0.05, 0.1) is 25.4 Å². The molecule has 0 aromatic carbocycles. The summed E-state index contributed by atoms with van der Waals surface area (Å²) in [7, 11) is 0. The summed E-state index contributed by atoms with van der Waals surface area (Å²) in [6.45, 7) is 4.55. The monoisotopic (exact) mass is 604 g/mol. The Balaban J connectivity index is 1.94. The highest BCUT2D eigenvalue weighted by molar-refractivity contribution is 8.45. The Labute approximate surface area is 234 Å². The lowest BCUT2D eigenvalue weighted by Crippen LogP contribution is -1.87. The van der Waals surface area contributed by atoms with Crippen molar-refractivity contribution in [2.75, 3.05) is 23.5 Å². The maximum absolute atomic E-state index is 10.9. The maximum atomic E-state index is 10.9. The number of carbonyl (C=O) groups is 1. The van der Waals surface area contributed by atoms with Gasteiger partial charge in [0, 0.05) is 6.42 Å². The molecule has 32 heavy (non-hydrogen) atoms. The summed E-state index contributed by atoms with van der Waals surface area (Å²) >= 11 is 21.3. The lowest BCUT2D eigenvalue weighted by Gasteiger charge is -2.04. The van der Waals surface area contributed by atoms with E-state index in [1.165, 1.54) is 75.5 Å². The lowest BCUT2D eigenvalue weighted by atomic mass is 10.3. The molecule has 0 unspecified atom stereocenters. The molecule has 0 amide bonds. The minimum atomic E-state index is -0.216. The van der Waals surface area contributed by atoms with Crippen molar-refractivity contribution >= 4 is 111 Å². The second-order valence-corrected chi connectivity index (χ2v) is 17.3. The van der Waals surface area contributed by atoms with E-state index in [9.17, 15) is 4.79 Å². The van der Waals surface area contributed by atoms with Gasteiger partial charge < -0.3 is 0 Å². The van der Waals surface area contributed by atoms with E-state index in [0.29, 0.717) is 6.42 Å². The molecule has 10 heteroatoms. The SMILES string of the molecule is CCCCCSC1=C(SCCCCC)SC(=C2SC(SC)=C(SCCCCC(=O)Cl)S2)S1. The molecule has 2 rings (SSSR count). The second kappa shape index (κ2) is 18.3. The first-order valence-corrected chi connectivity index (χ1v) is 19.0. The molecule has 2 aliphatic rings. The van der Waals surface area contributed by atoms with E-state index < -0.39 is 0 Å². The Morgan fingerprint density at radius 2 is 1.09 bits per heavy atom. The Bertz CT molecular complexity index is 678. The van der Waals surface area contributed by atoms with Crippen molar-refractivity contribution in [3.05, 3.63) is 25.4 Å². The Morgan fingerprint density at radius 3 is 1.50 bits per heavy atom. The van der Waals surface area contributed by atoms with Crippen LogP contribution in [0.3, 0.4) is 0 Å². The summed E-state index contributed by atoms with van der Waals surface area (Å²) in [6.07, 6.45) is 12.5. The van der Waals surface area contributed by atoms with Crippen molar-refractivity contribution in [2.24, 2.45) is 0 Å². The van der Waals surface area contributed by atoms with Crippen LogP contribution >= 0.6 is 106 Å². The number of thioether (sulfide) groups is 8. The number of halogens is 1. The molecule has 0 saturated heterocycles. The highest BCUT2D eigenvalue weighted by Crippen LogP contribution is 2.66. The van der Waals surface area contributed by atoms with Gasteiger partial charge in [-0.05, 0) is 60.8 Å². The number of hydrogen-bond acceptors (Lipinski definition) is 9. The van der Waals surface area contributed by atoms with Crippen LogP contribution in [0.1, 0.15) is 71.6 Å². The van der Waals surface area contributed by atoms with E-state index in [4.69, 9.17) is 11.6 Å². The molecule has 0 aromatic rings. The Kier molecular flexibility index (Phi) is 17.2. The van der Waals surface area contributed by atoms with Crippen molar-refractivity contribution in [1.82, 2.24) is 0 Å². The van der Waals surface area contributed by atoms with Crippen LogP contribution in [-0.2, 0) is 4.79 Å². The zero-order chi connectivity index (χ0) is 23.2. The van der Waals surface area contributed by atoms with Crippen molar-refractivity contribution in [2.45, 2.75) is 71.6 Å². The highest BCUT2D eigenvalue weighted by atomic mass is 35.5. The van der Waals surface area contributed by atoms with Crippen LogP contribution < -0.4 is 0 Å². The predicted molar refractivity (Wildman–Crippen MR) is 166 cm³/mol. The van der Waals surface area contributed by atoms with Crippen molar-refractivity contribution in [1.29, 1.82) is 0 Å². The Morgan fingerprint density at radius 1 is 0.688 bits per heavy atom. The summed E-state index contributed by atoms with van der Waals surface area (Å²) in [6, 6.07) is 0. The fourth-order valence-electron chi connectivity index (χ4n) is 2.67. The van der Waals surface area contributed by atoms with Crippen LogP contribution in [0.4, 0.5) is 0 Å². The highest BCUT2D eigenvalue weighted by Gasteiger charge is 2.30. The van der Waals surface area contributed by atoms with Crippen molar-refractivity contribution < 1.29 is 4.79 Å². The van der Waals surface area contributed by atoms with Gasteiger partial charge in [-0.15, -0.1) is 47.0 Å². The van der Waals surface area contributed by atoms with Crippen LogP contribution in [0.5, 0.6) is 0 Å². The Hall–Kier alpha value is 1.98. The standard InChI is InChI=1S/C22H33ClOS8/c1-4-6-9-13-27-19-20(28-14-10-7-5-2)32-22(31-19)21-29-17(25-3)18(30-21)26-15-11-8-12-16(23)24/h4-15H2,1-3H3. The van der Waals surface area contributed by atoms with Crippen LogP contribution in [0, 0.1) is 0 Å². The maximum Gasteiger partial charge on any atom is 0.221 e. The minimum absolute atomic E-state index is 0.216. The van der Waals surface area contributed by atoms with Crippen LogP contribution in [0.2, 0.25) is 0 Å². The average Bonchev–Trinajstić information content (AvgIpc) is 3.37. The number of rotatable bonds is 17. The second-order valence-electron chi connectivity index (χ2n) is 7.11. The van der Waals surface area contributed by atoms with E-state index in [1.54, 1.807) is 0 Å². The van der Waals surface area contributed by atoms with Gasteiger partial charge in [0.15, 0.2) is 0 Å². The van der Waals surface area contributed by atoms with E-state index in [2.05, 4.69) is 43.6 Å². The molecule has 0 radical (unpaired) electrons. The molecule has 2 heterocycles. The average molecular weight is 605 g/mol. The molecule has 182 valence electrons. The van der Waals surface area contributed by atoms with Gasteiger partial charge in [-0.3, -0.25) is 4.79 Å². The summed E-state index contributed by atoms with van der Waals surface area (Å²) < 4.78 is 8.87. The summed E-state index contributed by atoms with van der Waals surface area (Å²) in [5.41, 5.74) is 0. The zero-order valence-corrected chi connectivity index (χ0v) is 26.3. The third-order valence-corrected chi connectivity index (χ3v) is 16.3. The largest absolute Gasteiger partial charge is 0.281 e. The predicted octanol–water partition coefficient (Wildman–Crippen LogP) is 11.2. The molecule has 0 bridgehead atoms. The van der Waals surface area contributed by atoms with Gasteiger partial charge in [-0.1, -0.05) is 86.6 Å². The van der Waals surface area contributed by atoms with Gasteiger partial charge in [0.2, 0.25) is 5.24 Å². The van der Waals surface area contributed by atoms with E-state index in [1.807, 2.05) is 70.6 Å². The quantitative estimate of drug-likeness (QED) is 0.118. The normalized spacial score (nSPS) is 16.8. The lowest BCUT2D eigenvalue weighted by molar-refractivity contribution is -0.111.